The van der Waals surface area contributed by atoms with E-state index in [2.05, 4.69) is 5.32 Å². The molecule has 4 atom stereocenters. The third-order valence-corrected chi connectivity index (χ3v) is 4.61. The molecule has 8 heteroatoms. The maximum absolute atomic E-state index is 14.2. The fourth-order valence-corrected chi connectivity index (χ4v) is 3.07. The summed E-state index contributed by atoms with van der Waals surface area (Å²) < 4.78 is 25.4. The van der Waals surface area contributed by atoms with E-state index in [1.807, 2.05) is 0 Å². The summed E-state index contributed by atoms with van der Waals surface area (Å²) in [5, 5.41) is 32.0. The first-order valence-electron chi connectivity index (χ1n) is 8.84. The number of halogens is 1. The summed E-state index contributed by atoms with van der Waals surface area (Å²) in [6, 6.07) is 10.1. The van der Waals surface area contributed by atoms with E-state index >= 15 is 0 Å². The van der Waals surface area contributed by atoms with Gasteiger partial charge in [0.05, 0.1) is 18.8 Å². The monoisotopic (exact) mass is 391 g/mol. The Bertz CT molecular complexity index is 828. The van der Waals surface area contributed by atoms with E-state index in [4.69, 9.17) is 9.47 Å². The van der Waals surface area contributed by atoms with Gasteiger partial charge in [-0.1, -0.05) is 6.07 Å². The van der Waals surface area contributed by atoms with Crippen LogP contribution in [0.5, 0.6) is 11.5 Å². The number of rotatable bonds is 5. The molecule has 1 amide bonds. The number of hydrogen-bond donors (Lipinski definition) is 4. The molecule has 1 aliphatic heterocycles. The Morgan fingerprint density at radius 1 is 1.25 bits per heavy atom. The molecule has 0 bridgehead atoms. The van der Waals surface area contributed by atoms with Crippen molar-refractivity contribution >= 4 is 5.91 Å². The van der Waals surface area contributed by atoms with E-state index < -0.39 is 30.2 Å². The van der Waals surface area contributed by atoms with Gasteiger partial charge in [-0.15, -0.1) is 0 Å². The fraction of sp³-hybridized carbons (Fsp3) is 0.350. The maximum Gasteiger partial charge on any atom is 0.251 e. The number of amides is 1. The van der Waals surface area contributed by atoms with Gasteiger partial charge in [0, 0.05) is 19.0 Å². The SMILES string of the molecule is CNC(=O)c1ccc(Oc2cc([C@H]3OC(CO)CC(O)C3O)ccc2F)cc1. The minimum atomic E-state index is -1.21. The van der Waals surface area contributed by atoms with Crippen LogP contribution in [0.4, 0.5) is 4.39 Å². The number of benzene rings is 2. The molecule has 1 aliphatic rings. The molecule has 7 nitrogen and oxygen atoms in total. The second-order valence-electron chi connectivity index (χ2n) is 6.55. The Labute approximate surface area is 161 Å². The second-order valence-corrected chi connectivity index (χ2v) is 6.55. The lowest BCUT2D eigenvalue weighted by atomic mass is 9.93. The van der Waals surface area contributed by atoms with Crippen molar-refractivity contribution < 1.29 is 34.0 Å². The van der Waals surface area contributed by atoms with E-state index in [0.717, 1.165) is 0 Å². The zero-order valence-electron chi connectivity index (χ0n) is 15.2. The predicted octanol–water partition coefficient (Wildman–Crippen LogP) is 1.52. The third kappa shape index (κ3) is 4.31. The van der Waals surface area contributed by atoms with Crippen molar-refractivity contribution in [2.75, 3.05) is 13.7 Å². The van der Waals surface area contributed by atoms with Crippen LogP contribution >= 0.6 is 0 Å². The average molecular weight is 391 g/mol. The van der Waals surface area contributed by atoms with E-state index in [1.54, 1.807) is 12.1 Å². The Hall–Kier alpha value is -2.52. The summed E-state index contributed by atoms with van der Waals surface area (Å²) in [6.07, 6.45) is -3.73. The number of ether oxygens (including phenoxy) is 2. The first kappa shape index (κ1) is 20.2. The van der Waals surface area contributed by atoms with Gasteiger partial charge in [-0.05, 0) is 42.0 Å². The molecule has 150 valence electrons. The van der Waals surface area contributed by atoms with Crippen LogP contribution in [-0.2, 0) is 4.74 Å². The van der Waals surface area contributed by atoms with Crippen LogP contribution in [0.2, 0.25) is 0 Å². The number of carbonyl (C=O) groups excluding carboxylic acids is 1. The summed E-state index contributed by atoms with van der Waals surface area (Å²) in [5.41, 5.74) is 0.843. The van der Waals surface area contributed by atoms with Crippen LogP contribution in [0.3, 0.4) is 0 Å². The lowest BCUT2D eigenvalue weighted by Gasteiger charge is -2.36. The Morgan fingerprint density at radius 2 is 1.96 bits per heavy atom. The standard InChI is InChI=1S/C20H22FNO6/c1-22-20(26)11-2-5-13(6-3-11)27-17-8-12(4-7-15(17)21)19-18(25)16(24)9-14(10-23)28-19/h2-8,14,16,18-19,23-25H,9-10H2,1H3,(H,22,26)/t14?,16?,18?,19-/m1/s1. The van der Waals surface area contributed by atoms with Gasteiger partial charge in [0.25, 0.3) is 5.91 Å². The first-order chi connectivity index (χ1) is 13.4. The largest absolute Gasteiger partial charge is 0.454 e. The first-order valence-corrected chi connectivity index (χ1v) is 8.84. The van der Waals surface area contributed by atoms with E-state index in [9.17, 15) is 24.5 Å². The molecule has 1 saturated heterocycles. The highest BCUT2D eigenvalue weighted by molar-refractivity contribution is 5.94. The highest BCUT2D eigenvalue weighted by atomic mass is 19.1. The topological polar surface area (TPSA) is 108 Å². The summed E-state index contributed by atoms with van der Waals surface area (Å²) in [7, 11) is 1.52. The van der Waals surface area contributed by atoms with E-state index in [1.165, 1.54) is 37.4 Å². The summed E-state index contributed by atoms with van der Waals surface area (Å²) in [5.74, 6) is -0.646. The van der Waals surface area contributed by atoms with Crippen LogP contribution < -0.4 is 10.1 Å². The molecule has 3 rings (SSSR count). The lowest BCUT2D eigenvalue weighted by Crippen LogP contribution is -2.44. The molecule has 0 aliphatic carbocycles. The van der Waals surface area contributed by atoms with Crippen molar-refractivity contribution in [3.63, 3.8) is 0 Å². The van der Waals surface area contributed by atoms with Gasteiger partial charge in [0.1, 0.15) is 18.0 Å². The van der Waals surface area contributed by atoms with Crippen molar-refractivity contribution in [3.8, 4) is 11.5 Å². The van der Waals surface area contributed by atoms with Crippen molar-refractivity contribution in [1.29, 1.82) is 0 Å². The summed E-state index contributed by atoms with van der Waals surface area (Å²) in [6.45, 7) is -0.303. The number of nitrogens with one attached hydrogen (secondary N) is 1. The van der Waals surface area contributed by atoms with Gasteiger partial charge in [0.15, 0.2) is 11.6 Å². The Kier molecular flexibility index (Phi) is 6.25. The molecule has 3 unspecified atom stereocenters. The molecule has 2 aromatic rings. The van der Waals surface area contributed by atoms with Crippen molar-refractivity contribution in [2.45, 2.75) is 30.8 Å². The molecule has 28 heavy (non-hydrogen) atoms. The summed E-state index contributed by atoms with van der Waals surface area (Å²) >= 11 is 0. The van der Waals surface area contributed by atoms with Gasteiger partial charge < -0.3 is 30.1 Å². The number of carbonyl (C=O) groups is 1. The smallest absolute Gasteiger partial charge is 0.251 e. The predicted molar refractivity (Wildman–Crippen MR) is 97.6 cm³/mol. The molecule has 2 aromatic carbocycles. The number of hydrogen-bond acceptors (Lipinski definition) is 6. The minimum absolute atomic E-state index is 0.0957. The van der Waals surface area contributed by atoms with Crippen LogP contribution in [0.1, 0.15) is 28.4 Å². The second kappa shape index (κ2) is 8.66. The number of aliphatic hydroxyl groups is 3. The number of aliphatic hydroxyl groups excluding tert-OH is 3. The fourth-order valence-electron chi connectivity index (χ4n) is 3.07. The average Bonchev–Trinajstić information content (AvgIpc) is 2.71. The van der Waals surface area contributed by atoms with Crippen LogP contribution in [0, 0.1) is 5.82 Å². The molecule has 4 N–H and O–H groups in total. The van der Waals surface area contributed by atoms with E-state index in [-0.39, 0.29) is 24.7 Å². The Morgan fingerprint density at radius 3 is 2.61 bits per heavy atom. The molecule has 0 spiro atoms. The highest BCUT2D eigenvalue weighted by Gasteiger charge is 2.37. The molecule has 0 radical (unpaired) electrons. The zero-order valence-corrected chi connectivity index (χ0v) is 15.2. The molecule has 1 fully saturated rings. The van der Waals surface area contributed by atoms with Gasteiger partial charge in [-0.25, -0.2) is 4.39 Å². The van der Waals surface area contributed by atoms with Crippen LogP contribution in [0.25, 0.3) is 0 Å². The van der Waals surface area contributed by atoms with Gasteiger partial charge >= 0.3 is 0 Å². The zero-order chi connectivity index (χ0) is 20.3. The van der Waals surface area contributed by atoms with Crippen LogP contribution in [-0.4, -0.2) is 53.2 Å². The molecule has 1 heterocycles. The molecule has 0 saturated carbocycles. The molecule has 0 aromatic heterocycles. The third-order valence-electron chi connectivity index (χ3n) is 4.61. The van der Waals surface area contributed by atoms with Gasteiger partial charge in [0.2, 0.25) is 0 Å². The molecular formula is C20H22FNO6. The Balaban J connectivity index is 1.82. The van der Waals surface area contributed by atoms with Crippen molar-refractivity contribution in [1.82, 2.24) is 5.32 Å². The maximum atomic E-state index is 14.2. The van der Waals surface area contributed by atoms with E-state index in [0.29, 0.717) is 16.9 Å². The van der Waals surface area contributed by atoms with Crippen LogP contribution in [0.15, 0.2) is 42.5 Å². The van der Waals surface area contributed by atoms with Crippen molar-refractivity contribution in [2.24, 2.45) is 0 Å². The van der Waals surface area contributed by atoms with Gasteiger partial charge in [-0.3, -0.25) is 4.79 Å². The lowest BCUT2D eigenvalue weighted by molar-refractivity contribution is -0.179. The summed E-state index contributed by atoms with van der Waals surface area (Å²) in [4.78, 5) is 11.6. The minimum Gasteiger partial charge on any atom is -0.454 e. The van der Waals surface area contributed by atoms with Crippen molar-refractivity contribution in [3.05, 3.63) is 59.4 Å². The molecular weight excluding hydrogens is 369 g/mol. The normalized spacial score (nSPS) is 24.6. The quantitative estimate of drug-likeness (QED) is 0.616. The van der Waals surface area contributed by atoms with Gasteiger partial charge in [-0.2, -0.15) is 0 Å². The highest BCUT2D eigenvalue weighted by Crippen LogP contribution is 2.35.